The molecule has 0 saturated carbocycles. The standard InChI is InChI=1S/C13H17N3O2/c1-9(2)12-6-11-13(16(12)4-5-18-3)15-10(8-17)7-14-11/h6-9H,4-5H2,1-3H3. The van der Waals surface area contributed by atoms with Gasteiger partial charge in [-0.05, 0) is 12.0 Å². The van der Waals surface area contributed by atoms with Gasteiger partial charge in [-0.25, -0.2) is 4.98 Å². The molecule has 0 saturated heterocycles. The summed E-state index contributed by atoms with van der Waals surface area (Å²) in [5.41, 5.74) is 3.08. The van der Waals surface area contributed by atoms with Crippen LogP contribution in [0.15, 0.2) is 12.3 Å². The number of hydrogen-bond donors (Lipinski definition) is 0. The highest BCUT2D eigenvalue weighted by Gasteiger charge is 2.14. The minimum absolute atomic E-state index is 0.356. The smallest absolute Gasteiger partial charge is 0.170 e. The molecule has 5 heteroatoms. The molecular weight excluding hydrogens is 230 g/mol. The summed E-state index contributed by atoms with van der Waals surface area (Å²) < 4.78 is 7.19. The summed E-state index contributed by atoms with van der Waals surface area (Å²) in [6.07, 6.45) is 2.22. The number of hydrogen-bond acceptors (Lipinski definition) is 4. The van der Waals surface area contributed by atoms with Gasteiger partial charge in [0.2, 0.25) is 0 Å². The van der Waals surface area contributed by atoms with Crippen LogP contribution < -0.4 is 0 Å². The summed E-state index contributed by atoms with van der Waals surface area (Å²) in [6, 6.07) is 2.03. The first kappa shape index (κ1) is 12.7. The third-order valence-corrected chi connectivity index (χ3v) is 2.88. The lowest BCUT2D eigenvalue weighted by Gasteiger charge is -2.11. The molecule has 0 fully saturated rings. The minimum atomic E-state index is 0.356. The van der Waals surface area contributed by atoms with Crippen molar-refractivity contribution in [1.29, 1.82) is 0 Å². The van der Waals surface area contributed by atoms with Gasteiger partial charge >= 0.3 is 0 Å². The molecule has 2 aromatic rings. The SMILES string of the molecule is COCCn1c(C(C)C)cc2ncc(C=O)nc21. The summed E-state index contributed by atoms with van der Waals surface area (Å²) in [5, 5.41) is 0. The van der Waals surface area contributed by atoms with Gasteiger partial charge < -0.3 is 9.30 Å². The van der Waals surface area contributed by atoms with Gasteiger partial charge in [-0.1, -0.05) is 13.8 Å². The zero-order valence-electron chi connectivity index (χ0n) is 10.9. The average molecular weight is 247 g/mol. The molecule has 0 N–H and O–H groups in total. The normalized spacial score (nSPS) is 11.3. The van der Waals surface area contributed by atoms with E-state index in [-0.39, 0.29) is 0 Å². The number of aromatic nitrogens is 3. The maximum atomic E-state index is 10.8. The van der Waals surface area contributed by atoms with Gasteiger partial charge in [0, 0.05) is 19.3 Å². The largest absolute Gasteiger partial charge is 0.383 e. The van der Waals surface area contributed by atoms with Crippen molar-refractivity contribution in [3.63, 3.8) is 0 Å². The Hall–Kier alpha value is -1.75. The Kier molecular flexibility index (Phi) is 3.72. The molecule has 2 aromatic heterocycles. The van der Waals surface area contributed by atoms with Crippen molar-refractivity contribution in [3.8, 4) is 0 Å². The molecule has 0 unspecified atom stereocenters. The third-order valence-electron chi connectivity index (χ3n) is 2.88. The molecular formula is C13H17N3O2. The molecule has 2 heterocycles. The molecule has 2 rings (SSSR count). The van der Waals surface area contributed by atoms with Crippen LogP contribution in [0.4, 0.5) is 0 Å². The average Bonchev–Trinajstić information content (AvgIpc) is 2.74. The molecule has 0 radical (unpaired) electrons. The van der Waals surface area contributed by atoms with Gasteiger partial charge in [0.05, 0.1) is 12.8 Å². The Labute approximate surface area is 106 Å². The molecule has 0 amide bonds. The molecule has 96 valence electrons. The fourth-order valence-corrected chi connectivity index (χ4v) is 2.00. The summed E-state index contributed by atoms with van der Waals surface area (Å²) in [4.78, 5) is 19.4. The molecule has 18 heavy (non-hydrogen) atoms. The Balaban J connectivity index is 2.58. The van der Waals surface area contributed by atoms with Crippen LogP contribution in [0.25, 0.3) is 11.2 Å². The van der Waals surface area contributed by atoms with Crippen LogP contribution in [0.3, 0.4) is 0 Å². The van der Waals surface area contributed by atoms with Gasteiger partial charge in [-0.3, -0.25) is 9.78 Å². The molecule has 0 aromatic carbocycles. The van der Waals surface area contributed by atoms with Crippen LogP contribution in [0.5, 0.6) is 0 Å². The Bertz CT molecular complexity index is 561. The predicted octanol–water partition coefficient (Wildman–Crippen LogP) is 2.01. The Morgan fingerprint density at radius 2 is 2.28 bits per heavy atom. The number of methoxy groups -OCH3 is 1. The number of nitrogens with zero attached hydrogens (tertiary/aromatic N) is 3. The predicted molar refractivity (Wildman–Crippen MR) is 68.9 cm³/mol. The summed E-state index contributed by atoms with van der Waals surface area (Å²) >= 11 is 0. The lowest BCUT2D eigenvalue weighted by Crippen LogP contribution is -2.09. The van der Waals surface area contributed by atoms with Crippen molar-refractivity contribution in [2.24, 2.45) is 0 Å². The summed E-state index contributed by atoms with van der Waals surface area (Å²) in [6.45, 7) is 5.57. The second-order valence-corrected chi connectivity index (χ2v) is 4.49. The quantitative estimate of drug-likeness (QED) is 0.758. The highest BCUT2D eigenvalue weighted by Crippen LogP contribution is 2.22. The highest BCUT2D eigenvalue weighted by atomic mass is 16.5. The molecule has 0 atom stereocenters. The van der Waals surface area contributed by atoms with Crippen LogP contribution in [0.2, 0.25) is 0 Å². The van der Waals surface area contributed by atoms with E-state index in [1.807, 2.05) is 6.07 Å². The molecule has 5 nitrogen and oxygen atoms in total. The molecule has 0 aliphatic heterocycles. The van der Waals surface area contributed by atoms with Crippen molar-refractivity contribution in [2.45, 2.75) is 26.3 Å². The number of fused-ring (bicyclic) bond motifs is 1. The lowest BCUT2D eigenvalue weighted by molar-refractivity contribution is 0.111. The lowest BCUT2D eigenvalue weighted by atomic mass is 10.1. The Morgan fingerprint density at radius 1 is 1.50 bits per heavy atom. The monoisotopic (exact) mass is 247 g/mol. The van der Waals surface area contributed by atoms with Crippen LogP contribution >= 0.6 is 0 Å². The molecule has 0 aliphatic carbocycles. The van der Waals surface area contributed by atoms with E-state index in [0.29, 0.717) is 24.8 Å². The summed E-state index contributed by atoms with van der Waals surface area (Å²) in [5.74, 6) is 0.373. The molecule has 0 spiro atoms. The van der Waals surface area contributed by atoms with E-state index < -0.39 is 0 Å². The van der Waals surface area contributed by atoms with Gasteiger partial charge in [0.1, 0.15) is 11.2 Å². The van der Waals surface area contributed by atoms with E-state index in [1.165, 1.54) is 6.20 Å². The maximum Gasteiger partial charge on any atom is 0.170 e. The van der Waals surface area contributed by atoms with E-state index in [1.54, 1.807) is 7.11 Å². The zero-order valence-corrected chi connectivity index (χ0v) is 10.9. The van der Waals surface area contributed by atoms with E-state index in [0.717, 1.165) is 23.1 Å². The zero-order chi connectivity index (χ0) is 13.1. The van der Waals surface area contributed by atoms with Crippen molar-refractivity contribution >= 4 is 17.5 Å². The fourth-order valence-electron chi connectivity index (χ4n) is 2.00. The second-order valence-electron chi connectivity index (χ2n) is 4.49. The van der Waals surface area contributed by atoms with Crippen molar-refractivity contribution < 1.29 is 9.53 Å². The van der Waals surface area contributed by atoms with E-state index in [2.05, 4.69) is 28.4 Å². The first-order valence-corrected chi connectivity index (χ1v) is 5.97. The fraction of sp³-hybridized carbons (Fsp3) is 0.462. The van der Waals surface area contributed by atoms with E-state index in [4.69, 9.17) is 4.74 Å². The number of carbonyl (C=O) groups excluding carboxylic acids is 1. The number of carbonyl (C=O) groups is 1. The third kappa shape index (κ3) is 2.26. The topological polar surface area (TPSA) is 57.0 Å². The van der Waals surface area contributed by atoms with Crippen LogP contribution in [0.1, 0.15) is 35.9 Å². The second kappa shape index (κ2) is 5.27. The first-order valence-electron chi connectivity index (χ1n) is 5.97. The maximum absolute atomic E-state index is 10.8. The van der Waals surface area contributed by atoms with Gasteiger partial charge in [0.15, 0.2) is 11.9 Å². The highest BCUT2D eigenvalue weighted by molar-refractivity contribution is 5.79. The van der Waals surface area contributed by atoms with Crippen molar-refractivity contribution in [2.75, 3.05) is 13.7 Å². The molecule has 0 aliphatic rings. The van der Waals surface area contributed by atoms with Crippen LogP contribution in [-0.4, -0.2) is 34.5 Å². The van der Waals surface area contributed by atoms with E-state index >= 15 is 0 Å². The van der Waals surface area contributed by atoms with Crippen molar-refractivity contribution in [1.82, 2.24) is 14.5 Å². The van der Waals surface area contributed by atoms with Crippen LogP contribution in [0, 0.1) is 0 Å². The Morgan fingerprint density at radius 3 is 2.89 bits per heavy atom. The minimum Gasteiger partial charge on any atom is -0.383 e. The van der Waals surface area contributed by atoms with Crippen molar-refractivity contribution in [3.05, 3.63) is 23.7 Å². The van der Waals surface area contributed by atoms with E-state index in [9.17, 15) is 4.79 Å². The van der Waals surface area contributed by atoms with Crippen LogP contribution in [-0.2, 0) is 11.3 Å². The number of aldehydes is 1. The van der Waals surface area contributed by atoms with Gasteiger partial charge in [-0.2, -0.15) is 0 Å². The van der Waals surface area contributed by atoms with Gasteiger partial charge in [-0.15, -0.1) is 0 Å². The number of rotatable bonds is 5. The van der Waals surface area contributed by atoms with Gasteiger partial charge in [0.25, 0.3) is 0 Å². The first-order chi connectivity index (χ1) is 8.67. The summed E-state index contributed by atoms with van der Waals surface area (Å²) in [7, 11) is 1.67. The molecule has 0 bridgehead atoms. The number of ether oxygens (including phenoxy) is 1.